The summed E-state index contributed by atoms with van der Waals surface area (Å²) in [5, 5.41) is 2.54. The van der Waals surface area contributed by atoms with Crippen molar-refractivity contribution in [1.29, 1.82) is 0 Å². The summed E-state index contributed by atoms with van der Waals surface area (Å²) in [6, 6.07) is 15.2. The molecule has 4 aromatic rings. The molecule has 6 rings (SSSR count). The summed E-state index contributed by atoms with van der Waals surface area (Å²) in [4.78, 5) is 48.8. The molecule has 1 unspecified atom stereocenters. The molecule has 11 heteroatoms. The van der Waals surface area contributed by atoms with Crippen molar-refractivity contribution in [3.05, 3.63) is 77.1 Å². The van der Waals surface area contributed by atoms with Crippen LogP contribution in [0.4, 0.5) is 19.9 Å². The number of rotatable bonds is 3. The SMILES string of the molecule is COC(=O)Nc1nc2ccc(-c3cc(C)c4c(c3)CN(C(=O)N3CCC(=O)CC3c3ccc(F)cc3)CCO4)cc2[nH]1. The van der Waals surface area contributed by atoms with E-state index in [9.17, 15) is 18.8 Å². The second kappa shape index (κ2) is 11.2. The highest BCUT2D eigenvalue weighted by Gasteiger charge is 2.35. The van der Waals surface area contributed by atoms with Crippen molar-refractivity contribution >= 4 is 34.9 Å². The zero-order chi connectivity index (χ0) is 29.4. The first-order chi connectivity index (χ1) is 20.3. The topological polar surface area (TPSA) is 117 Å². The number of carbonyl (C=O) groups is 3. The molecule has 0 radical (unpaired) electrons. The molecule has 1 saturated heterocycles. The second-order valence-electron chi connectivity index (χ2n) is 10.5. The highest BCUT2D eigenvalue weighted by molar-refractivity contribution is 5.88. The summed E-state index contributed by atoms with van der Waals surface area (Å²) < 4.78 is 24.4. The fraction of sp³-hybridized carbons (Fsp3) is 0.290. The molecule has 0 spiro atoms. The standard InChI is InChI=1S/C31H30FN5O5/c1-18-13-21(20-5-8-25-26(15-20)34-29(33-25)35-30(39)41-2)14-22-17-36(11-12-42-28(18)22)31(40)37-10-9-24(38)16-27(37)19-3-6-23(32)7-4-19/h3-8,13-15,27H,9-12,16-17H2,1-2H3,(H2,33,34,35,39). The van der Waals surface area contributed by atoms with Crippen molar-refractivity contribution in [1.82, 2.24) is 19.8 Å². The summed E-state index contributed by atoms with van der Waals surface area (Å²) in [6.45, 7) is 3.35. The number of nitrogens with one attached hydrogen (secondary N) is 2. The Morgan fingerprint density at radius 1 is 1.10 bits per heavy atom. The molecule has 3 amide bonds. The van der Waals surface area contributed by atoms with Crippen molar-refractivity contribution in [3.63, 3.8) is 0 Å². The van der Waals surface area contributed by atoms with Crippen LogP contribution < -0.4 is 10.1 Å². The van der Waals surface area contributed by atoms with Crippen LogP contribution in [-0.4, -0.2) is 64.5 Å². The van der Waals surface area contributed by atoms with Crippen molar-refractivity contribution in [3.8, 4) is 16.9 Å². The fourth-order valence-corrected chi connectivity index (χ4v) is 5.66. The Kier molecular flexibility index (Phi) is 7.24. The number of amides is 3. The number of urea groups is 1. The van der Waals surface area contributed by atoms with E-state index in [-0.39, 0.29) is 30.0 Å². The molecule has 42 heavy (non-hydrogen) atoms. The number of ketones is 1. The van der Waals surface area contributed by atoms with Gasteiger partial charge in [0, 0.05) is 24.9 Å². The number of anilines is 1. The molecule has 2 N–H and O–H groups in total. The Hall–Kier alpha value is -4.93. The molecule has 2 aliphatic rings. The normalized spacial score (nSPS) is 16.9. The number of halogens is 1. The number of likely N-dealkylation sites (tertiary alicyclic amines) is 1. The monoisotopic (exact) mass is 571 g/mol. The molecule has 2 aliphatic heterocycles. The lowest BCUT2D eigenvalue weighted by atomic mass is 9.94. The number of aromatic nitrogens is 2. The third-order valence-corrected chi connectivity index (χ3v) is 7.74. The van der Waals surface area contributed by atoms with E-state index in [1.165, 1.54) is 19.2 Å². The van der Waals surface area contributed by atoms with Crippen LogP contribution in [0.25, 0.3) is 22.2 Å². The molecule has 216 valence electrons. The summed E-state index contributed by atoms with van der Waals surface area (Å²) in [7, 11) is 1.28. The van der Waals surface area contributed by atoms with Crippen LogP contribution in [0.15, 0.2) is 54.6 Å². The van der Waals surface area contributed by atoms with Gasteiger partial charge in [0.15, 0.2) is 0 Å². The molecule has 1 aromatic heterocycles. The Morgan fingerprint density at radius 3 is 2.69 bits per heavy atom. The van der Waals surface area contributed by atoms with Crippen LogP contribution in [0, 0.1) is 12.7 Å². The average molecular weight is 572 g/mol. The summed E-state index contributed by atoms with van der Waals surface area (Å²) in [5.41, 5.74) is 5.85. The summed E-state index contributed by atoms with van der Waals surface area (Å²) in [5.74, 6) is 0.759. The van der Waals surface area contributed by atoms with Gasteiger partial charge in [-0.1, -0.05) is 18.2 Å². The predicted molar refractivity (Wildman–Crippen MR) is 154 cm³/mol. The Morgan fingerprint density at radius 2 is 1.90 bits per heavy atom. The van der Waals surface area contributed by atoms with E-state index in [1.807, 2.05) is 37.3 Å². The number of H-pyrrole nitrogens is 1. The lowest BCUT2D eigenvalue weighted by Crippen LogP contribution is -2.48. The molecule has 0 aliphatic carbocycles. The lowest BCUT2D eigenvalue weighted by Gasteiger charge is -2.38. The first kappa shape index (κ1) is 27.3. The van der Waals surface area contributed by atoms with Gasteiger partial charge in [-0.2, -0.15) is 0 Å². The summed E-state index contributed by atoms with van der Waals surface area (Å²) >= 11 is 0. The molecular weight excluding hydrogens is 541 g/mol. The van der Waals surface area contributed by atoms with Gasteiger partial charge in [0.25, 0.3) is 0 Å². The molecule has 3 heterocycles. The Labute approximate surface area is 241 Å². The molecule has 0 saturated carbocycles. The lowest BCUT2D eigenvalue weighted by molar-refractivity contribution is -0.122. The van der Waals surface area contributed by atoms with E-state index in [4.69, 9.17) is 4.74 Å². The third-order valence-electron chi connectivity index (χ3n) is 7.74. The number of nitrogens with zero attached hydrogens (tertiary/aromatic N) is 3. The van der Waals surface area contributed by atoms with Gasteiger partial charge in [-0.25, -0.2) is 19.0 Å². The van der Waals surface area contributed by atoms with Gasteiger partial charge < -0.3 is 24.3 Å². The maximum atomic E-state index is 13.9. The van der Waals surface area contributed by atoms with E-state index in [0.717, 1.165) is 39.1 Å². The number of aromatic amines is 1. The van der Waals surface area contributed by atoms with Crippen LogP contribution >= 0.6 is 0 Å². The zero-order valence-electron chi connectivity index (χ0n) is 23.3. The predicted octanol–water partition coefficient (Wildman–Crippen LogP) is 5.58. The van der Waals surface area contributed by atoms with Crippen LogP contribution in [0.3, 0.4) is 0 Å². The maximum Gasteiger partial charge on any atom is 0.413 e. The van der Waals surface area contributed by atoms with Crippen molar-refractivity contribution in [2.24, 2.45) is 0 Å². The first-order valence-corrected chi connectivity index (χ1v) is 13.7. The largest absolute Gasteiger partial charge is 0.491 e. The zero-order valence-corrected chi connectivity index (χ0v) is 23.3. The van der Waals surface area contributed by atoms with E-state index in [2.05, 4.69) is 20.0 Å². The van der Waals surface area contributed by atoms with Gasteiger partial charge in [0.2, 0.25) is 5.95 Å². The van der Waals surface area contributed by atoms with E-state index in [0.29, 0.717) is 38.2 Å². The number of ether oxygens (including phenoxy) is 2. The number of piperidine rings is 1. The molecule has 1 atom stereocenters. The minimum absolute atomic E-state index is 0.0839. The number of benzene rings is 3. The number of imidazole rings is 1. The number of methoxy groups -OCH3 is 1. The molecule has 1 fully saturated rings. The number of fused-ring (bicyclic) bond motifs is 2. The maximum absolute atomic E-state index is 13.9. The number of Topliss-reactive ketones (excluding diaryl/α,β-unsaturated/α-hetero) is 1. The van der Waals surface area contributed by atoms with Gasteiger partial charge in [0.1, 0.15) is 24.0 Å². The van der Waals surface area contributed by atoms with Gasteiger partial charge >= 0.3 is 12.1 Å². The number of carbonyl (C=O) groups excluding carboxylic acids is 3. The Balaban J connectivity index is 1.28. The summed E-state index contributed by atoms with van der Waals surface area (Å²) in [6.07, 6.45) is -0.121. The Bertz CT molecular complexity index is 1690. The van der Waals surface area contributed by atoms with Gasteiger partial charge in [-0.05, 0) is 65.6 Å². The fourth-order valence-electron chi connectivity index (χ4n) is 5.66. The van der Waals surface area contributed by atoms with Crippen LogP contribution in [0.1, 0.15) is 35.6 Å². The minimum Gasteiger partial charge on any atom is -0.491 e. The molecule has 3 aromatic carbocycles. The van der Waals surface area contributed by atoms with Crippen molar-refractivity contribution < 1.29 is 28.2 Å². The average Bonchev–Trinajstić information content (AvgIpc) is 3.25. The highest BCUT2D eigenvalue weighted by atomic mass is 19.1. The van der Waals surface area contributed by atoms with Gasteiger partial charge in [0.05, 0.1) is 37.3 Å². The van der Waals surface area contributed by atoms with E-state index < -0.39 is 12.1 Å². The van der Waals surface area contributed by atoms with Gasteiger partial charge in [-0.15, -0.1) is 0 Å². The van der Waals surface area contributed by atoms with Gasteiger partial charge in [-0.3, -0.25) is 10.1 Å². The van der Waals surface area contributed by atoms with Crippen molar-refractivity contribution in [2.75, 3.05) is 32.1 Å². The molecular formula is C31H30FN5O5. The van der Waals surface area contributed by atoms with E-state index in [1.54, 1.807) is 21.9 Å². The van der Waals surface area contributed by atoms with Crippen molar-refractivity contribution in [2.45, 2.75) is 32.4 Å². The van der Waals surface area contributed by atoms with E-state index >= 15 is 0 Å². The van der Waals surface area contributed by atoms with Crippen LogP contribution in [-0.2, 0) is 16.1 Å². The van der Waals surface area contributed by atoms with Crippen LogP contribution in [0.2, 0.25) is 0 Å². The molecule has 10 nitrogen and oxygen atoms in total. The molecule has 0 bridgehead atoms. The number of aryl methyl sites for hydroxylation is 1. The smallest absolute Gasteiger partial charge is 0.413 e. The van der Waals surface area contributed by atoms with Crippen LogP contribution in [0.5, 0.6) is 5.75 Å². The second-order valence-corrected chi connectivity index (χ2v) is 10.5. The number of hydrogen-bond acceptors (Lipinski definition) is 6. The number of hydrogen-bond donors (Lipinski definition) is 2. The third kappa shape index (κ3) is 5.37. The highest BCUT2D eigenvalue weighted by Crippen LogP contribution is 2.36. The quantitative estimate of drug-likeness (QED) is 0.332. The minimum atomic E-state index is -0.616. The first-order valence-electron chi connectivity index (χ1n) is 13.7.